The first-order chi connectivity index (χ1) is 7.63. The van der Waals surface area contributed by atoms with Crippen LogP contribution in [-0.4, -0.2) is 17.8 Å². The molecule has 16 heavy (non-hydrogen) atoms. The van der Waals surface area contributed by atoms with Gasteiger partial charge in [0.2, 0.25) is 0 Å². The maximum absolute atomic E-state index is 9.55. The summed E-state index contributed by atoms with van der Waals surface area (Å²) < 4.78 is 2.11. The van der Waals surface area contributed by atoms with Gasteiger partial charge in [-0.25, -0.2) is 0 Å². The van der Waals surface area contributed by atoms with Crippen LogP contribution in [0.15, 0.2) is 27.1 Å². The average Bonchev–Trinajstić information content (AvgIpc) is 2.24. The lowest BCUT2D eigenvalue weighted by molar-refractivity contribution is 0.160. The number of hydrogen-bond donors (Lipinski definition) is 2. The highest BCUT2D eigenvalue weighted by Crippen LogP contribution is 2.23. The molecule has 1 rings (SSSR count). The highest BCUT2D eigenvalue weighted by atomic mass is 79.9. The molecule has 0 radical (unpaired) electrons. The first kappa shape index (κ1) is 14.2. The van der Waals surface area contributed by atoms with E-state index < -0.39 is 0 Å². The van der Waals surface area contributed by atoms with Gasteiger partial charge < -0.3 is 10.4 Å². The van der Waals surface area contributed by atoms with Crippen molar-refractivity contribution in [3.63, 3.8) is 0 Å². The molecule has 1 unspecified atom stereocenters. The molecule has 0 saturated carbocycles. The van der Waals surface area contributed by atoms with Gasteiger partial charge in [0.1, 0.15) is 0 Å². The summed E-state index contributed by atoms with van der Waals surface area (Å²) in [6, 6.07) is 6.15. The van der Waals surface area contributed by atoms with Crippen LogP contribution in [0.3, 0.4) is 0 Å². The van der Waals surface area contributed by atoms with Crippen molar-refractivity contribution in [2.45, 2.75) is 32.4 Å². The molecule has 2 N–H and O–H groups in total. The van der Waals surface area contributed by atoms with Crippen LogP contribution < -0.4 is 5.32 Å². The predicted octanol–water partition coefficient (Wildman–Crippen LogP) is 3.46. The third-order valence-electron chi connectivity index (χ3n) is 2.31. The van der Waals surface area contributed by atoms with Gasteiger partial charge in [-0.05, 0) is 56.0 Å². The van der Waals surface area contributed by atoms with Crippen molar-refractivity contribution in [2.75, 3.05) is 6.54 Å². The number of rotatable bonds is 6. The molecule has 4 heteroatoms. The molecule has 0 aliphatic rings. The van der Waals surface area contributed by atoms with E-state index >= 15 is 0 Å². The zero-order valence-corrected chi connectivity index (χ0v) is 12.5. The predicted molar refractivity (Wildman–Crippen MR) is 74.5 cm³/mol. The Morgan fingerprint density at radius 1 is 1.31 bits per heavy atom. The summed E-state index contributed by atoms with van der Waals surface area (Å²) in [5, 5.41) is 12.8. The Morgan fingerprint density at radius 3 is 2.69 bits per heavy atom. The molecule has 0 spiro atoms. The molecule has 0 aliphatic carbocycles. The van der Waals surface area contributed by atoms with E-state index in [2.05, 4.69) is 56.2 Å². The topological polar surface area (TPSA) is 32.3 Å². The minimum absolute atomic E-state index is 0.233. The van der Waals surface area contributed by atoms with E-state index in [0.29, 0.717) is 6.54 Å². The van der Waals surface area contributed by atoms with Gasteiger partial charge in [0.05, 0.1) is 6.10 Å². The number of aliphatic hydroxyl groups is 1. The maximum atomic E-state index is 9.55. The van der Waals surface area contributed by atoms with Crippen LogP contribution in [0.2, 0.25) is 0 Å². The summed E-state index contributed by atoms with van der Waals surface area (Å²) in [5.74, 6) is 0. The van der Waals surface area contributed by atoms with Gasteiger partial charge >= 0.3 is 0 Å². The molecule has 90 valence electrons. The standard InChI is InChI=1S/C12H17Br2NO/c1-2-3-10(16)8-15-7-9-4-5-11(13)12(14)6-9/h4-6,10,15-16H,2-3,7-8H2,1H3. The zero-order chi connectivity index (χ0) is 12.0. The molecular formula is C12H17Br2NO. The fraction of sp³-hybridized carbons (Fsp3) is 0.500. The van der Waals surface area contributed by atoms with E-state index in [1.54, 1.807) is 0 Å². The number of halogens is 2. The summed E-state index contributed by atoms with van der Waals surface area (Å²) in [4.78, 5) is 0. The van der Waals surface area contributed by atoms with Crippen molar-refractivity contribution in [3.8, 4) is 0 Å². The fourth-order valence-corrected chi connectivity index (χ4v) is 2.14. The number of nitrogens with one attached hydrogen (secondary N) is 1. The van der Waals surface area contributed by atoms with Gasteiger partial charge in [0, 0.05) is 22.0 Å². The summed E-state index contributed by atoms with van der Waals surface area (Å²) in [6.07, 6.45) is 1.65. The van der Waals surface area contributed by atoms with E-state index in [4.69, 9.17) is 0 Å². The quantitative estimate of drug-likeness (QED) is 0.823. The molecule has 0 aromatic heterocycles. The molecule has 1 aromatic carbocycles. The van der Waals surface area contributed by atoms with Crippen LogP contribution in [0, 0.1) is 0 Å². The smallest absolute Gasteiger partial charge is 0.0664 e. The minimum Gasteiger partial charge on any atom is -0.392 e. The summed E-state index contributed by atoms with van der Waals surface area (Å²) >= 11 is 6.90. The van der Waals surface area contributed by atoms with Crippen LogP contribution >= 0.6 is 31.9 Å². The van der Waals surface area contributed by atoms with Crippen LogP contribution in [-0.2, 0) is 6.54 Å². The van der Waals surface area contributed by atoms with Gasteiger partial charge in [-0.1, -0.05) is 19.4 Å². The third-order valence-corrected chi connectivity index (χ3v) is 4.19. The lowest BCUT2D eigenvalue weighted by Crippen LogP contribution is -2.26. The Bertz CT molecular complexity index is 331. The molecule has 0 bridgehead atoms. The monoisotopic (exact) mass is 349 g/mol. The largest absolute Gasteiger partial charge is 0.392 e. The Balaban J connectivity index is 2.34. The highest BCUT2D eigenvalue weighted by molar-refractivity contribution is 9.13. The Morgan fingerprint density at radius 2 is 2.06 bits per heavy atom. The Labute approximate surface area is 114 Å². The number of aliphatic hydroxyl groups excluding tert-OH is 1. The molecular weight excluding hydrogens is 334 g/mol. The van der Waals surface area contributed by atoms with Gasteiger partial charge in [0.25, 0.3) is 0 Å². The van der Waals surface area contributed by atoms with Crippen molar-refractivity contribution in [1.82, 2.24) is 5.32 Å². The summed E-state index contributed by atoms with van der Waals surface area (Å²) in [7, 11) is 0. The van der Waals surface area contributed by atoms with Crippen LogP contribution in [0.5, 0.6) is 0 Å². The number of hydrogen-bond acceptors (Lipinski definition) is 2. The van der Waals surface area contributed by atoms with Crippen molar-refractivity contribution < 1.29 is 5.11 Å². The SMILES string of the molecule is CCCC(O)CNCc1ccc(Br)c(Br)c1. The second-order valence-electron chi connectivity index (χ2n) is 3.82. The molecule has 0 aliphatic heterocycles. The summed E-state index contributed by atoms with van der Waals surface area (Å²) in [5.41, 5.74) is 1.21. The third kappa shape index (κ3) is 4.95. The molecule has 1 aromatic rings. The van der Waals surface area contributed by atoms with Crippen molar-refractivity contribution in [3.05, 3.63) is 32.7 Å². The number of benzene rings is 1. The molecule has 0 heterocycles. The Hall–Kier alpha value is 0.1000. The lowest BCUT2D eigenvalue weighted by Gasteiger charge is -2.11. The maximum Gasteiger partial charge on any atom is 0.0664 e. The average molecular weight is 351 g/mol. The molecule has 2 nitrogen and oxygen atoms in total. The molecule has 0 saturated heterocycles. The summed E-state index contributed by atoms with van der Waals surface area (Å²) in [6.45, 7) is 3.52. The van der Waals surface area contributed by atoms with Crippen LogP contribution in [0.4, 0.5) is 0 Å². The normalized spacial score (nSPS) is 12.8. The van der Waals surface area contributed by atoms with E-state index in [9.17, 15) is 5.11 Å². The van der Waals surface area contributed by atoms with Gasteiger partial charge in [-0.15, -0.1) is 0 Å². The van der Waals surface area contributed by atoms with E-state index in [0.717, 1.165) is 28.3 Å². The van der Waals surface area contributed by atoms with Gasteiger partial charge in [0.15, 0.2) is 0 Å². The second-order valence-corrected chi connectivity index (χ2v) is 5.53. The van der Waals surface area contributed by atoms with E-state index in [1.165, 1.54) is 5.56 Å². The lowest BCUT2D eigenvalue weighted by atomic mass is 10.2. The first-order valence-electron chi connectivity index (χ1n) is 5.46. The Kier molecular flexibility index (Phi) is 6.58. The molecule has 0 fully saturated rings. The van der Waals surface area contributed by atoms with Gasteiger partial charge in [-0.3, -0.25) is 0 Å². The van der Waals surface area contributed by atoms with Crippen LogP contribution in [0.1, 0.15) is 25.3 Å². The molecule has 1 atom stereocenters. The zero-order valence-electron chi connectivity index (χ0n) is 9.34. The first-order valence-corrected chi connectivity index (χ1v) is 7.04. The van der Waals surface area contributed by atoms with Gasteiger partial charge in [-0.2, -0.15) is 0 Å². The second kappa shape index (κ2) is 7.43. The minimum atomic E-state index is -0.233. The van der Waals surface area contributed by atoms with E-state index in [1.807, 2.05) is 6.07 Å². The van der Waals surface area contributed by atoms with Crippen molar-refractivity contribution in [2.24, 2.45) is 0 Å². The fourth-order valence-electron chi connectivity index (χ4n) is 1.47. The molecule has 0 amide bonds. The highest BCUT2D eigenvalue weighted by Gasteiger charge is 2.02. The van der Waals surface area contributed by atoms with Crippen molar-refractivity contribution in [1.29, 1.82) is 0 Å². The van der Waals surface area contributed by atoms with Crippen LogP contribution in [0.25, 0.3) is 0 Å². The van der Waals surface area contributed by atoms with Crippen molar-refractivity contribution >= 4 is 31.9 Å². The van der Waals surface area contributed by atoms with E-state index in [-0.39, 0.29) is 6.10 Å².